The zero-order valence-electron chi connectivity index (χ0n) is 19.2. The first kappa shape index (κ1) is 22.9. The average molecular weight is 439 g/mol. The van der Waals surface area contributed by atoms with E-state index in [-0.39, 0.29) is 42.7 Å². The summed E-state index contributed by atoms with van der Waals surface area (Å²) in [5.41, 5.74) is 5.85. The Kier molecular flexibility index (Phi) is 6.62. The number of fused-ring (bicyclic) bond motifs is 1. The predicted molar refractivity (Wildman–Crippen MR) is 118 cm³/mol. The van der Waals surface area contributed by atoms with Crippen molar-refractivity contribution in [1.29, 1.82) is 5.41 Å². The third-order valence-corrected chi connectivity index (χ3v) is 8.82. The molecule has 4 atom stereocenters. The second kappa shape index (κ2) is 8.95. The lowest BCUT2D eigenvalue weighted by atomic mass is 9.76. The number of nitrogens with two attached hydrogens (primary N) is 1. The van der Waals surface area contributed by atoms with Crippen LogP contribution in [0.15, 0.2) is 0 Å². The molecule has 2 aliphatic carbocycles. The van der Waals surface area contributed by atoms with E-state index < -0.39 is 12.5 Å². The van der Waals surface area contributed by atoms with Crippen molar-refractivity contribution in [3.8, 4) is 0 Å². The number of halogens is 2. The number of nitrogens with one attached hydrogen (secondary N) is 1. The summed E-state index contributed by atoms with van der Waals surface area (Å²) in [6.45, 7) is 5.24. The van der Waals surface area contributed by atoms with Gasteiger partial charge < -0.3 is 10.6 Å². The van der Waals surface area contributed by atoms with Crippen LogP contribution in [0, 0.1) is 35.0 Å². The van der Waals surface area contributed by atoms with Gasteiger partial charge in [0.05, 0.1) is 18.4 Å². The largest absolute Gasteiger partial charge is 0.387 e. The number of amides is 1. The normalized spacial score (nSPS) is 38.4. The zero-order chi connectivity index (χ0) is 22.3. The fraction of sp³-hybridized carbons (Fsp3) is 0.917. The number of hydrogen-bond donors (Lipinski definition) is 2. The van der Waals surface area contributed by atoms with Gasteiger partial charge in [0.15, 0.2) is 0 Å². The minimum absolute atomic E-state index is 0.0883. The maximum absolute atomic E-state index is 13.8. The monoisotopic (exact) mass is 438 g/mol. The van der Waals surface area contributed by atoms with Crippen LogP contribution in [0.25, 0.3) is 0 Å². The molecule has 0 aromatic heterocycles. The van der Waals surface area contributed by atoms with Crippen LogP contribution in [0.2, 0.25) is 0 Å². The van der Waals surface area contributed by atoms with Crippen LogP contribution in [0.5, 0.6) is 0 Å². The molecule has 2 aliphatic heterocycles. The Morgan fingerprint density at radius 2 is 1.84 bits per heavy atom. The molecule has 7 heteroatoms. The Bertz CT molecular complexity index is 676. The second-order valence-corrected chi connectivity index (χ2v) is 11.1. The first-order valence-electron chi connectivity index (χ1n) is 12.4. The Hall–Kier alpha value is -1.24. The molecule has 0 radical (unpaired) electrons. The van der Waals surface area contributed by atoms with Gasteiger partial charge in [-0.3, -0.25) is 15.1 Å². The molecular formula is C24H40F2N4O. The minimum atomic E-state index is -2.75. The molecule has 31 heavy (non-hydrogen) atoms. The SMILES string of the molecule is CC(C)C1CCC(CN2C(C(=O)N3CCC(F)(F)C3)CC3CCC(C(=N)N)CC32)CC1. The quantitative estimate of drug-likeness (QED) is 0.501. The van der Waals surface area contributed by atoms with Crippen molar-refractivity contribution < 1.29 is 13.6 Å². The number of alkyl halides is 2. The predicted octanol–water partition coefficient (Wildman–Crippen LogP) is 4.11. The van der Waals surface area contributed by atoms with Crippen LogP contribution < -0.4 is 5.73 Å². The number of carbonyl (C=O) groups excluding carboxylic acids is 1. The summed E-state index contributed by atoms with van der Waals surface area (Å²) in [7, 11) is 0. The first-order valence-corrected chi connectivity index (χ1v) is 12.4. The smallest absolute Gasteiger partial charge is 0.267 e. The summed E-state index contributed by atoms with van der Waals surface area (Å²) in [5, 5.41) is 7.94. The van der Waals surface area contributed by atoms with Crippen LogP contribution >= 0.6 is 0 Å². The Labute approximate surface area is 185 Å². The van der Waals surface area contributed by atoms with Crippen LogP contribution in [-0.4, -0.2) is 59.2 Å². The molecule has 0 aromatic rings. The molecule has 2 saturated heterocycles. The summed E-state index contributed by atoms with van der Waals surface area (Å²) in [6, 6.07) is -0.0278. The number of carbonyl (C=O) groups is 1. The first-order chi connectivity index (χ1) is 14.6. The highest BCUT2D eigenvalue weighted by Gasteiger charge is 2.50. The van der Waals surface area contributed by atoms with Crippen molar-refractivity contribution in [2.75, 3.05) is 19.6 Å². The summed E-state index contributed by atoms with van der Waals surface area (Å²) < 4.78 is 27.6. The lowest BCUT2D eigenvalue weighted by molar-refractivity contribution is -0.137. The minimum Gasteiger partial charge on any atom is -0.387 e. The molecule has 4 aliphatic rings. The molecule has 176 valence electrons. The van der Waals surface area contributed by atoms with Gasteiger partial charge in [-0.2, -0.15) is 0 Å². The molecule has 4 unspecified atom stereocenters. The lowest BCUT2D eigenvalue weighted by Gasteiger charge is -2.40. The third-order valence-electron chi connectivity index (χ3n) is 8.82. The van der Waals surface area contributed by atoms with E-state index in [2.05, 4.69) is 18.7 Å². The fourth-order valence-electron chi connectivity index (χ4n) is 6.80. The average Bonchev–Trinajstić information content (AvgIpc) is 3.27. The number of rotatable bonds is 5. The van der Waals surface area contributed by atoms with Crippen molar-refractivity contribution in [2.45, 2.75) is 89.6 Å². The maximum atomic E-state index is 13.8. The van der Waals surface area contributed by atoms with E-state index in [1.54, 1.807) is 0 Å². The van der Waals surface area contributed by atoms with Gasteiger partial charge in [-0.25, -0.2) is 8.78 Å². The summed E-state index contributed by atoms with van der Waals surface area (Å²) in [6.07, 6.45) is 8.15. The highest BCUT2D eigenvalue weighted by Crippen LogP contribution is 2.44. The third kappa shape index (κ3) is 4.91. The molecule has 0 bridgehead atoms. The summed E-state index contributed by atoms with van der Waals surface area (Å²) in [5.74, 6) is 0.000817. The summed E-state index contributed by atoms with van der Waals surface area (Å²) >= 11 is 0. The van der Waals surface area contributed by atoms with Crippen molar-refractivity contribution in [3.63, 3.8) is 0 Å². The Morgan fingerprint density at radius 1 is 1.13 bits per heavy atom. The van der Waals surface area contributed by atoms with E-state index in [1.165, 1.54) is 30.6 Å². The Morgan fingerprint density at radius 3 is 2.42 bits per heavy atom. The highest BCUT2D eigenvalue weighted by molar-refractivity contribution is 5.83. The van der Waals surface area contributed by atoms with E-state index in [4.69, 9.17) is 11.1 Å². The summed E-state index contributed by atoms with van der Waals surface area (Å²) in [4.78, 5) is 17.2. The van der Waals surface area contributed by atoms with Gasteiger partial charge in [0.2, 0.25) is 5.91 Å². The Balaban J connectivity index is 1.48. The molecule has 5 nitrogen and oxygen atoms in total. The van der Waals surface area contributed by atoms with Crippen molar-refractivity contribution in [2.24, 2.45) is 35.3 Å². The number of likely N-dealkylation sites (tertiary alicyclic amines) is 2. The van der Waals surface area contributed by atoms with Crippen LogP contribution in [0.1, 0.15) is 71.6 Å². The van der Waals surface area contributed by atoms with Gasteiger partial charge in [0, 0.05) is 31.5 Å². The van der Waals surface area contributed by atoms with Gasteiger partial charge in [-0.15, -0.1) is 0 Å². The topological polar surface area (TPSA) is 73.4 Å². The van der Waals surface area contributed by atoms with E-state index in [1.807, 2.05) is 0 Å². The molecule has 4 fully saturated rings. The molecule has 0 spiro atoms. The van der Waals surface area contributed by atoms with Crippen molar-refractivity contribution in [3.05, 3.63) is 0 Å². The van der Waals surface area contributed by atoms with Gasteiger partial charge in [-0.05, 0) is 75.0 Å². The van der Waals surface area contributed by atoms with E-state index in [0.29, 0.717) is 11.8 Å². The molecule has 0 aromatic carbocycles. The number of hydrogen-bond acceptors (Lipinski definition) is 3. The van der Waals surface area contributed by atoms with E-state index in [9.17, 15) is 13.6 Å². The number of nitrogens with zero attached hydrogens (tertiary/aromatic N) is 2. The molecule has 2 saturated carbocycles. The molecular weight excluding hydrogens is 398 g/mol. The fourth-order valence-corrected chi connectivity index (χ4v) is 6.80. The molecule has 3 N–H and O–H groups in total. The highest BCUT2D eigenvalue weighted by atomic mass is 19.3. The molecule has 2 heterocycles. The van der Waals surface area contributed by atoms with Gasteiger partial charge in [0.25, 0.3) is 5.92 Å². The second-order valence-electron chi connectivity index (χ2n) is 11.1. The van der Waals surface area contributed by atoms with Gasteiger partial charge >= 0.3 is 0 Å². The number of amidine groups is 1. The molecule has 1 amide bonds. The standard InChI is InChI=1S/C24H40F2N4O/c1-15(2)17-5-3-16(4-6-17)13-30-20-12-19(22(27)28)8-7-18(20)11-21(30)23(31)29-10-9-24(25,26)14-29/h15-21H,3-14H2,1-2H3,(H3,27,28). The van der Waals surface area contributed by atoms with Crippen molar-refractivity contribution >= 4 is 11.7 Å². The van der Waals surface area contributed by atoms with Crippen LogP contribution in [-0.2, 0) is 4.79 Å². The van der Waals surface area contributed by atoms with Crippen LogP contribution in [0.3, 0.4) is 0 Å². The lowest BCUT2D eigenvalue weighted by Crippen LogP contribution is -2.50. The van der Waals surface area contributed by atoms with Crippen molar-refractivity contribution in [1.82, 2.24) is 9.80 Å². The zero-order valence-corrected chi connectivity index (χ0v) is 19.2. The van der Waals surface area contributed by atoms with E-state index >= 15 is 0 Å². The maximum Gasteiger partial charge on any atom is 0.267 e. The van der Waals surface area contributed by atoms with Gasteiger partial charge in [0.1, 0.15) is 0 Å². The van der Waals surface area contributed by atoms with E-state index in [0.717, 1.165) is 44.1 Å². The molecule has 4 rings (SSSR count). The van der Waals surface area contributed by atoms with Crippen LogP contribution in [0.4, 0.5) is 8.78 Å². The van der Waals surface area contributed by atoms with Gasteiger partial charge in [-0.1, -0.05) is 13.8 Å².